The number of hydrogen-bond acceptors (Lipinski definition) is 9. The number of rotatable bonds is 25. The summed E-state index contributed by atoms with van der Waals surface area (Å²) in [5.41, 5.74) is 0.920. The summed E-state index contributed by atoms with van der Waals surface area (Å²) >= 11 is 0. The molecule has 14 nitrogen and oxygen atoms in total. The Kier molecular flexibility index (Phi) is 22.1. The van der Waals surface area contributed by atoms with E-state index in [2.05, 4.69) is 16.0 Å². The summed E-state index contributed by atoms with van der Waals surface area (Å²) in [6.07, 6.45) is 1.17. The Balaban J connectivity index is 2.30. The molecule has 0 spiro atoms. The third-order valence-electron chi connectivity index (χ3n) is 12.1. The fourth-order valence-electron chi connectivity index (χ4n) is 8.37. The second-order valence-electron chi connectivity index (χ2n) is 17.4. The van der Waals surface area contributed by atoms with Gasteiger partial charge in [0.2, 0.25) is 29.5 Å². The number of nitrogens with one attached hydrogen (secondary N) is 3. The highest BCUT2D eigenvalue weighted by Gasteiger charge is 2.43. The van der Waals surface area contributed by atoms with Crippen LogP contribution in [0.25, 0.3) is 0 Å². The van der Waals surface area contributed by atoms with Gasteiger partial charge in [0.25, 0.3) is 0 Å². The molecule has 0 bridgehead atoms. The third-order valence-corrected chi connectivity index (χ3v) is 12.1. The molecule has 336 valence electrons. The maximum atomic E-state index is 14.4. The largest absolute Gasteiger partial charge is 0.379 e. The van der Waals surface area contributed by atoms with Gasteiger partial charge in [-0.25, -0.2) is 0 Å². The van der Waals surface area contributed by atoms with Crippen LogP contribution in [0.3, 0.4) is 0 Å². The van der Waals surface area contributed by atoms with E-state index in [-0.39, 0.29) is 65.8 Å². The zero-order valence-electron chi connectivity index (χ0n) is 38.7. The molecule has 1 aromatic carbocycles. The van der Waals surface area contributed by atoms with E-state index in [1.807, 2.05) is 110 Å². The van der Waals surface area contributed by atoms with Gasteiger partial charge in [-0.05, 0) is 63.8 Å². The summed E-state index contributed by atoms with van der Waals surface area (Å²) in [7, 11) is 10.6. The molecule has 1 saturated heterocycles. The summed E-state index contributed by atoms with van der Waals surface area (Å²) in [4.78, 5) is 77.1. The number of ether oxygens (including phenoxy) is 2. The lowest BCUT2D eigenvalue weighted by Crippen LogP contribution is -2.60. The second-order valence-corrected chi connectivity index (χ2v) is 17.4. The van der Waals surface area contributed by atoms with Crippen LogP contribution in [0.15, 0.2) is 30.3 Å². The van der Waals surface area contributed by atoms with E-state index in [9.17, 15) is 24.0 Å². The molecule has 0 saturated carbocycles. The SMILES string of the molecule is CC[C@H](C)[C@@H]([C@@H](CC(=O)N1CCC[C@H]1[C@H](OC)[C@@H](C)C(=O)N[C@@H](Cc1ccccc1)C(=O)NCCN(C)C)OC)N(C)C(=O)[C@@H](NC(=O)[C@H](C(C)C)N(C)CC)C(C)C. The number of nitrogens with zero attached hydrogens (tertiary/aromatic N) is 4. The number of likely N-dealkylation sites (N-methyl/N-ethyl adjacent to an activating group) is 3. The molecule has 0 unspecified atom stereocenters. The van der Waals surface area contributed by atoms with Gasteiger partial charge in [-0.3, -0.25) is 28.9 Å². The first-order valence-electron chi connectivity index (χ1n) is 21.7. The summed E-state index contributed by atoms with van der Waals surface area (Å²) in [6.45, 7) is 18.0. The lowest BCUT2D eigenvalue weighted by atomic mass is 9.89. The minimum Gasteiger partial charge on any atom is -0.379 e. The van der Waals surface area contributed by atoms with Crippen LogP contribution in [0.4, 0.5) is 0 Å². The molecule has 5 amide bonds. The van der Waals surface area contributed by atoms with Crippen molar-refractivity contribution in [2.24, 2.45) is 23.7 Å². The van der Waals surface area contributed by atoms with Crippen molar-refractivity contribution < 1.29 is 33.4 Å². The molecule has 1 aliphatic rings. The zero-order chi connectivity index (χ0) is 44.6. The Labute approximate surface area is 355 Å². The number of amides is 5. The van der Waals surface area contributed by atoms with E-state index in [0.717, 1.165) is 18.4 Å². The van der Waals surface area contributed by atoms with Gasteiger partial charge in [-0.15, -0.1) is 0 Å². The molecule has 3 N–H and O–H groups in total. The van der Waals surface area contributed by atoms with Crippen LogP contribution >= 0.6 is 0 Å². The fraction of sp³-hybridized carbons (Fsp3) is 0.756. The van der Waals surface area contributed by atoms with Crippen molar-refractivity contribution >= 4 is 29.5 Å². The topological polar surface area (TPSA) is 153 Å². The summed E-state index contributed by atoms with van der Waals surface area (Å²) in [6, 6.07) is 6.76. The number of carbonyl (C=O) groups is 5. The Bertz CT molecular complexity index is 1460. The van der Waals surface area contributed by atoms with Crippen LogP contribution in [0.5, 0.6) is 0 Å². The van der Waals surface area contributed by atoms with Crippen LogP contribution in [0.2, 0.25) is 0 Å². The second kappa shape index (κ2) is 25.2. The molecule has 1 fully saturated rings. The Morgan fingerprint density at radius 1 is 0.847 bits per heavy atom. The van der Waals surface area contributed by atoms with Crippen molar-refractivity contribution in [3.8, 4) is 0 Å². The smallest absolute Gasteiger partial charge is 0.245 e. The molecule has 0 aromatic heterocycles. The molecular formula is C45H79N7O7. The predicted octanol–water partition coefficient (Wildman–Crippen LogP) is 3.43. The lowest BCUT2D eigenvalue weighted by Gasteiger charge is -2.41. The first-order valence-corrected chi connectivity index (χ1v) is 21.7. The molecule has 1 heterocycles. The van der Waals surface area contributed by atoms with Gasteiger partial charge >= 0.3 is 0 Å². The van der Waals surface area contributed by atoms with Crippen molar-refractivity contribution in [3.63, 3.8) is 0 Å². The minimum atomic E-state index is -0.800. The van der Waals surface area contributed by atoms with Crippen molar-refractivity contribution in [1.29, 1.82) is 0 Å². The molecule has 1 aromatic rings. The maximum Gasteiger partial charge on any atom is 0.245 e. The summed E-state index contributed by atoms with van der Waals surface area (Å²) < 4.78 is 12.1. The van der Waals surface area contributed by atoms with Gasteiger partial charge in [0.1, 0.15) is 12.1 Å². The van der Waals surface area contributed by atoms with E-state index >= 15 is 0 Å². The monoisotopic (exact) mass is 830 g/mol. The van der Waals surface area contributed by atoms with Crippen LogP contribution in [0, 0.1) is 23.7 Å². The first kappa shape index (κ1) is 51.6. The number of carbonyl (C=O) groups excluding carboxylic acids is 5. The summed E-state index contributed by atoms with van der Waals surface area (Å²) in [5.74, 6) is -2.03. The van der Waals surface area contributed by atoms with Crippen molar-refractivity contribution in [2.45, 2.75) is 130 Å². The maximum absolute atomic E-state index is 14.4. The molecule has 0 aliphatic carbocycles. The van der Waals surface area contributed by atoms with Crippen LogP contribution in [-0.2, 0) is 39.9 Å². The van der Waals surface area contributed by atoms with Gasteiger partial charge in [0.05, 0.1) is 42.7 Å². The summed E-state index contributed by atoms with van der Waals surface area (Å²) in [5, 5.41) is 9.03. The predicted molar refractivity (Wildman–Crippen MR) is 233 cm³/mol. The average Bonchev–Trinajstić information content (AvgIpc) is 3.68. The van der Waals surface area contributed by atoms with E-state index in [1.165, 1.54) is 0 Å². The molecule has 2 rings (SSSR count). The van der Waals surface area contributed by atoms with E-state index in [0.29, 0.717) is 39.0 Å². The molecule has 1 aliphatic heterocycles. The van der Waals surface area contributed by atoms with E-state index in [4.69, 9.17) is 9.47 Å². The highest BCUT2D eigenvalue weighted by atomic mass is 16.5. The Morgan fingerprint density at radius 3 is 2.02 bits per heavy atom. The third kappa shape index (κ3) is 14.8. The average molecular weight is 830 g/mol. The molecular weight excluding hydrogens is 751 g/mol. The highest BCUT2D eigenvalue weighted by molar-refractivity contribution is 5.90. The molecule has 0 radical (unpaired) electrons. The number of hydrogen-bond donors (Lipinski definition) is 3. The van der Waals surface area contributed by atoms with Crippen molar-refractivity contribution in [2.75, 3.05) is 68.6 Å². The van der Waals surface area contributed by atoms with Gasteiger partial charge < -0.3 is 40.1 Å². The fourth-order valence-corrected chi connectivity index (χ4v) is 8.37. The van der Waals surface area contributed by atoms with Gasteiger partial charge in [-0.1, -0.05) is 92.1 Å². The normalized spacial score (nSPS) is 18.5. The quantitative estimate of drug-likeness (QED) is 0.135. The lowest BCUT2D eigenvalue weighted by molar-refractivity contribution is -0.148. The number of methoxy groups -OCH3 is 2. The number of likely N-dealkylation sites (tertiary alicyclic amines) is 1. The molecule has 9 atom stereocenters. The molecule has 14 heteroatoms. The van der Waals surface area contributed by atoms with Crippen LogP contribution in [-0.4, -0.2) is 160 Å². The van der Waals surface area contributed by atoms with E-state index < -0.39 is 36.3 Å². The standard InChI is InChI=1S/C45H79N7O7/c1-15-31(7)40(51(12)45(57)38(29(3)4)48-44(56)39(30(5)6)50(11)16-2)36(58-13)28-37(53)52-25-20-23-35(52)41(59-14)32(8)42(54)47-34(27-33-21-18-17-19-22-33)43(55)46-24-26-49(9)10/h17-19,21-22,29-32,34-36,38-41H,15-16,20,23-28H2,1-14H3,(H,46,55)(H,47,54)(H,48,56)/t31-,32+,34-,35-,36+,38-,39-,40-,41+/m0/s1. The number of benzene rings is 1. The van der Waals surface area contributed by atoms with Crippen molar-refractivity contribution in [1.82, 2.24) is 35.6 Å². The van der Waals surface area contributed by atoms with Gasteiger partial charge in [0.15, 0.2) is 0 Å². The highest BCUT2D eigenvalue weighted by Crippen LogP contribution is 2.30. The van der Waals surface area contributed by atoms with Gasteiger partial charge in [-0.2, -0.15) is 0 Å². The Morgan fingerprint density at radius 2 is 1.49 bits per heavy atom. The minimum absolute atomic E-state index is 0.0122. The van der Waals surface area contributed by atoms with E-state index in [1.54, 1.807) is 38.0 Å². The first-order chi connectivity index (χ1) is 27.8. The van der Waals surface area contributed by atoms with Gasteiger partial charge in [0, 0.05) is 47.3 Å². The zero-order valence-corrected chi connectivity index (χ0v) is 38.7. The molecule has 59 heavy (non-hydrogen) atoms. The Hall–Kier alpha value is -3.59. The van der Waals surface area contributed by atoms with Crippen molar-refractivity contribution in [3.05, 3.63) is 35.9 Å². The van der Waals surface area contributed by atoms with Crippen LogP contribution < -0.4 is 16.0 Å². The van der Waals surface area contributed by atoms with Crippen LogP contribution in [0.1, 0.15) is 86.6 Å².